The summed E-state index contributed by atoms with van der Waals surface area (Å²) in [6.07, 6.45) is 3.86. The molecule has 0 aromatic heterocycles. The largest absolute Gasteiger partial charge is 0.496 e. The number of rotatable bonds is 6. The standard InChI is InChI=1S/C15H22N2O/c1-4-5-6-12-9-15(18-3)13(7-11(2)17)8-14(12)10-16/h8-9,11H,4-7,17H2,1-3H3. The van der Waals surface area contributed by atoms with Crippen molar-refractivity contribution in [2.45, 2.75) is 45.6 Å². The minimum absolute atomic E-state index is 0.0620. The molecule has 0 saturated heterocycles. The SMILES string of the molecule is CCCCc1cc(OC)c(CC(C)N)cc1C#N. The van der Waals surface area contributed by atoms with E-state index in [1.165, 1.54) is 0 Å². The van der Waals surface area contributed by atoms with Crippen molar-refractivity contribution in [3.05, 3.63) is 28.8 Å². The molecule has 98 valence electrons. The van der Waals surface area contributed by atoms with Crippen LogP contribution in [0.5, 0.6) is 5.75 Å². The average Bonchev–Trinajstić information content (AvgIpc) is 2.35. The van der Waals surface area contributed by atoms with Crippen molar-refractivity contribution < 1.29 is 4.74 Å². The summed E-state index contributed by atoms with van der Waals surface area (Å²) < 4.78 is 5.40. The van der Waals surface area contributed by atoms with Crippen LogP contribution in [0.1, 0.15) is 43.4 Å². The molecule has 0 amide bonds. The number of hydrogen-bond acceptors (Lipinski definition) is 3. The van der Waals surface area contributed by atoms with Gasteiger partial charge in [-0.1, -0.05) is 13.3 Å². The second-order valence-corrected chi connectivity index (χ2v) is 4.72. The molecule has 0 heterocycles. The predicted molar refractivity (Wildman–Crippen MR) is 73.7 cm³/mol. The van der Waals surface area contributed by atoms with Crippen molar-refractivity contribution in [3.8, 4) is 11.8 Å². The average molecular weight is 246 g/mol. The zero-order valence-electron chi connectivity index (χ0n) is 11.5. The molecule has 0 aliphatic heterocycles. The molecule has 0 saturated carbocycles. The number of nitriles is 1. The highest BCUT2D eigenvalue weighted by Gasteiger charge is 2.11. The number of hydrogen-bond donors (Lipinski definition) is 1. The fraction of sp³-hybridized carbons (Fsp3) is 0.533. The van der Waals surface area contributed by atoms with Gasteiger partial charge in [-0.05, 0) is 49.4 Å². The Kier molecular flexibility index (Phi) is 5.67. The van der Waals surface area contributed by atoms with Crippen LogP contribution < -0.4 is 10.5 Å². The highest BCUT2D eigenvalue weighted by Crippen LogP contribution is 2.25. The molecule has 1 aromatic carbocycles. The molecule has 0 fully saturated rings. The van der Waals surface area contributed by atoms with Crippen LogP contribution >= 0.6 is 0 Å². The van der Waals surface area contributed by atoms with Gasteiger partial charge in [0.2, 0.25) is 0 Å². The van der Waals surface area contributed by atoms with Gasteiger partial charge in [0.1, 0.15) is 5.75 Å². The fourth-order valence-corrected chi connectivity index (χ4v) is 2.04. The number of ether oxygens (including phenoxy) is 1. The zero-order chi connectivity index (χ0) is 13.5. The maximum atomic E-state index is 9.22. The van der Waals surface area contributed by atoms with E-state index in [1.54, 1.807) is 7.11 Å². The predicted octanol–water partition coefficient (Wildman–Crippen LogP) is 2.80. The number of aryl methyl sites for hydroxylation is 1. The molecular formula is C15H22N2O. The van der Waals surface area contributed by atoms with Crippen LogP contribution in [0, 0.1) is 11.3 Å². The van der Waals surface area contributed by atoms with E-state index in [-0.39, 0.29) is 6.04 Å². The summed E-state index contributed by atoms with van der Waals surface area (Å²) in [5, 5.41) is 9.22. The molecule has 2 N–H and O–H groups in total. The molecular weight excluding hydrogens is 224 g/mol. The molecule has 3 nitrogen and oxygen atoms in total. The highest BCUT2D eigenvalue weighted by molar-refractivity contribution is 5.48. The van der Waals surface area contributed by atoms with E-state index in [2.05, 4.69) is 13.0 Å². The number of methoxy groups -OCH3 is 1. The van der Waals surface area contributed by atoms with E-state index >= 15 is 0 Å². The second-order valence-electron chi connectivity index (χ2n) is 4.72. The zero-order valence-corrected chi connectivity index (χ0v) is 11.5. The number of benzene rings is 1. The smallest absolute Gasteiger partial charge is 0.122 e. The van der Waals surface area contributed by atoms with Crippen molar-refractivity contribution in [1.29, 1.82) is 5.26 Å². The topological polar surface area (TPSA) is 59.0 Å². The van der Waals surface area contributed by atoms with Gasteiger partial charge in [-0.2, -0.15) is 5.26 Å². The maximum absolute atomic E-state index is 9.22. The quantitative estimate of drug-likeness (QED) is 0.839. The van der Waals surface area contributed by atoms with E-state index in [9.17, 15) is 5.26 Å². The molecule has 0 aliphatic rings. The molecule has 1 aromatic rings. The van der Waals surface area contributed by atoms with Crippen molar-refractivity contribution in [3.63, 3.8) is 0 Å². The molecule has 0 aliphatic carbocycles. The normalized spacial score (nSPS) is 11.9. The lowest BCUT2D eigenvalue weighted by atomic mass is 9.96. The Morgan fingerprint density at radius 2 is 2.11 bits per heavy atom. The molecule has 1 atom stereocenters. The highest BCUT2D eigenvalue weighted by atomic mass is 16.5. The molecule has 3 heteroatoms. The van der Waals surface area contributed by atoms with Crippen LogP contribution in [-0.4, -0.2) is 13.2 Å². The van der Waals surface area contributed by atoms with E-state index in [0.717, 1.165) is 48.1 Å². The van der Waals surface area contributed by atoms with Crippen molar-refractivity contribution in [2.24, 2.45) is 5.73 Å². The van der Waals surface area contributed by atoms with Gasteiger partial charge in [-0.15, -0.1) is 0 Å². The number of unbranched alkanes of at least 4 members (excludes halogenated alkanes) is 1. The first-order valence-corrected chi connectivity index (χ1v) is 6.47. The fourth-order valence-electron chi connectivity index (χ4n) is 2.04. The summed E-state index contributed by atoms with van der Waals surface area (Å²) in [5.74, 6) is 0.845. The minimum atomic E-state index is 0.0620. The summed E-state index contributed by atoms with van der Waals surface area (Å²) >= 11 is 0. The summed E-state index contributed by atoms with van der Waals surface area (Å²) in [7, 11) is 1.66. The maximum Gasteiger partial charge on any atom is 0.122 e. The van der Waals surface area contributed by atoms with E-state index in [1.807, 2.05) is 19.1 Å². The first-order chi connectivity index (χ1) is 8.62. The summed E-state index contributed by atoms with van der Waals surface area (Å²) in [6, 6.07) is 6.25. The van der Waals surface area contributed by atoms with Crippen LogP contribution in [0.2, 0.25) is 0 Å². The van der Waals surface area contributed by atoms with Gasteiger partial charge in [-0.3, -0.25) is 0 Å². The first kappa shape index (κ1) is 14.5. The van der Waals surface area contributed by atoms with Crippen LogP contribution in [0.4, 0.5) is 0 Å². The third kappa shape index (κ3) is 3.75. The van der Waals surface area contributed by atoms with Crippen LogP contribution in [0.25, 0.3) is 0 Å². The summed E-state index contributed by atoms with van der Waals surface area (Å²) in [5.41, 5.74) is 8.66. The van der Waals surface area contributed by atoms with Crippen LogP contribution in [-0.2, 0) is 12.8 Å². The molecule has 1 rings (SSSR count). The van der Waals surface area contributed by atoms with Gasteiger partial charge < -0.3 is 10.5 Å². The van der Waals surface area contributed by atoms with Crippen LogP contribution in [0.15, 0.2) is 12.1 Å². The van der Waals surface area contributed by atoms with Gasteiger partial charge in [0.05, 0.1) is 18.7 Å². The second kappa shape index (κ2) is 7.03. The summed E-state index contributed by atoms with van der Waals surface area (Å²) in [6.45, 7) is 4.10. The Bertz CT molecular complexity index is 433. The lowest BCUT2D eigenvalue weighted by molar-refractivity contribution is 0.407. The van der Waals surface area contributed by atoms with Gasteiger partial charge in [0.25, 0.3) is 0 Å². The third-order valence-corrected chi connectivity index (χ3v) is 2.97. The van der Waals surface area contributed by atoms with Crippen molar-refractivity contribution in [2.75, 3.05) is 7.11 Å². The molecule has 0 spiro atoms. The Balaban J connectivity index is 3.11. The third-order valence-electron chi connectivity index (χ3n) is 2.97. The van der Waals surface area contributed by atoms with Gasteiger partial charge in [0.15, 0.2) is 0 Å². The number of nitrogens with zero attached hydrogens (tertiary/aromatic N) is 1. The van der Waals surface area contributed by atoms with E-state index in [0.29, 0.717) is 0 Å². The number of nitrogens with two attached hydrogens (primary N) is 1. The minimum Gasteiger partial charge on any atom is -0.496 e. The van der Waals surface area contributed by atoms with E-state index in [4.69, 9.17) is 10.5 Å². The monoisotopic (exact) mass is 246 g/mol. The molecule has 0 bridgehead atoms. The van der Waals surface area contributed by atoms with Crippen molar-refractivity contribution in [1.82, 2.24) is 0 Å². The Morgan fingerprint density at radius 3 is 2.61 bits per heavy atom. The van der Waals surface area contributed by atoms with E-state index < -0.39 is 0 Å². The Morgan fingerprint density at radius 1 is 1.39 bits per heavy atom. The van der Waals surface area contributed by atoms with Gasteiger partial charge in [0, 0.05) is 6.04 Å². The summed E-state index contributed by atoms with van der Waals surface area (Å²) in [4.78, 5) is 0. The Hall–Kier alpha value is -1.53. The van der Waals surface area contributed by atoms with Gasteiger partial charge >= 0.3 is 0 Å². The van der Waals surface area contributed by atoms with Gasteiger partial charge in [-0.25, -0.2) is 0 Å². The first-order valence-electron chi connectivity index (χ1n) is 6.47. The van der Waals surface area contributed by atoms with Crippen molar-refractivity contribution >= 4 is 0 Å². The van der Waals surface area contributed by atoms with Crippen LogP contribution in [0.3, 0.4) is 0 Å². The molecule has 0 radical (unpaired) electrons. The molecule has 18 heavy (non-hydrogen) atoms. The lowest BCUT2D eigenvalue weighted by Crippen LogP contribution is -2.18. The Labute approximate surface area is 110 Å². The lowest BCUT2D eigenvalue weighted by Gasteiger charge is -2.14. The molecule has 1 unspecified atom stereocenters.